The van der Waals surface area contributed by atoms with Gasteiger partial charge < -0.3 is 13.7 Å². The van der Waals surface area contributed by atoms with Gasteiger partial charge in [-0.05, 0) is 76.9 Å². The average molecular weight is 605 g/mol. The van der Waals surface area contributed by atoms with E-state index in [1.54, 1.807) is 0 Å². The van der Waals surface area contributed by atoms with Crippen molar-refractivity contribution in [3.63, 3.8) is 0 Å². The summed E-state index contributed by atoms with van der Waals surface area (Å²) >= 11 is 0. The third-order valence-electron chi connectivity index (χ3n) is 8.71. The van der Waals surface area contributed by atoms with Crippen LogP contribution in [-0.4, -0.2) is 4.98 Å². The van der Waals surface area contributed by atoms with Gasteiger partial charge in [-0.2, -0.15) is 0 Å². The molecular weight excluding hydrogens is 576 g/mol. The number of hydrogen-bond donors (Lipinski definition) is 0. The van der Waals surface area contributed by atoms with Gasteiger partial charge in [0.2, 0.25) is 5.89 Å². The molecule has 0 spiro atoms. The maximum Gasteiger partial charge on any atom is 0.227 e. The van der Waals surface area contributed by atoms with Crippen molar-refractivity contribution < 1.29 is 8.83 Å². The molecule has 222 valence electrons. The molecule has 2 aromatic heterocycles. The molecule has 47 heavy (non-hydrogen) atoms. The maximum absolute atomic E-state index is 6.45. The molecule has 4 heteroatoms. The van der Waals surface area contributed by atoms with Gasteiger partial charge >= 0.3 is 0 Å². The third kappa shape index (κ3) is 4.93. The van der Waals surface area contributed by atoms with Crippen molar-refractivity contribution in [2.45, 2.75) is 0 Å². The molecule has 0 atom stereocenters. The number of furan rings is 1. The molecule has 4 nitrogen and oxygen atoms in total. The number of oxazole rings is 1. The molecule has 0 saturated heterocycles. The van der Waals surface area contributed by atoms with Crippen molar-refractivity contribution in [1.82, 2.24) is 4.98 Å². The Hall–Kier alpha value is -6.39. The minimum atomic E-state index is 0.605. The number of para-hydroxylation sites is 1. The molecule has 0 saturated carbocycles. The fourth-order valence-electron chi connectivity index (χ4n) is 6.34. The predicted molar refractivity (Wildman–Crippen MR) is 192 cm³/mol. The monoisotopic (exact) mass is 604 g/mol. The van der Waals surface area contributed by atoms with Crippen LogP contribution in [0.15, 0.2) is 179 Å². The highest BCUT2D eigenvalue weighted by molar-refractivity contribution is 6.09. The number of anilines is 3. The van der Waals surface area contributed by atoms with E-state index in [0.29, 0.717) is 5.89 Å². The second-order valence-corrected chi connectivity index (χ2v) is 11.6. The van der Waals surface area contributed by atoms with Crippen molar-refractivity contribution >= 4 is 50.1 Å². The van der Waals surface area contributed by atoms with Crippen LogP contribution in [0.1, 0.15) is 0 Å². The lowest BCUT2D eigenvalue weighted by molar-refractivity contribution is 0.620. The minimum Gasteiger partial charge on any atom is -0.456 e. The highest BCUT2D eigenvalue weighted by Gasteiger charge is 2.17. The van der Waals surface area contributed by atoms with E-state index in [4.69, 9.17) is 13.8 Å². The van der Waals surface area contributed by atoms with Gasteiger partial charge in [-0.25, -0.2) is 4.98 Å². The largest absolute Gasteiger partial charge is 0.456 e. The number of benzene rings is 7. The second kappa shape index (κ2) is 11.2. The van der Waals surface area contributed by atoms with Crippen molar-refractivity contribution in [1.29, 1.82) is 0 Å². The number of aromatic nitrogens is 1. The van der Waals surface area contributed by atoms with E-state index in [2.05, 4.69) is 120 Å². The first kappa shape index (κ1) is 27.0. The highest BCUT2D eigenvalue weighted by Crippen LogP contribution is 2.40. The van der Waals surface area contributed by atoms with Crippen LogP contribution in [0.3, 0.4) is 0 Å². The standard InChI is InChI=1S/C43H28N2O2/c1-4-10-29(11-5-1)30-16-18-31(19-17-30)32-20-22-35(23-21-32)45(34-14-8-3-9-15-34)36-24-25-37-38-27-42-39(28-41(38)46-40(37)26-36)44-43(47-42)33-12-6-2-7-13-33/h1-28H. The molecule has 9 rings (SSSR count). The summed E-state index contributed by atoms with van der Waals surface area (Å²) < 4.78 is 12.6. The summed E-state index contributed by atoms with van der Waals surface area (Å²) in [6.45, 7) is 0. The molecule has 9 aromatic rings. The Balaban J connectivity index is 1.07. The van der Waals surface area contributed by atoms with Crippen LogP contribution in [0, 0.1) is 0 Å². The molecule has 7 aromatic carbocycles. The van der Waals surface area contributed by atoms with Crippen molar-refractivity contribution in [3.8, 4) is 33.7 Å². The van der Waals surface area contributed by atoms with Gasteiger partial charge in [0, 0.05) is 45.5 Å². The summed E-state index contributed by atoms with van der Waals surface area (Å²) in [5.41, 5.74) is 12.0. The van der Waals surface area contributed by atoms with Gasteiger partial charge in [0.1, 0.15) is 16.7 Å². The number of rotatable bonds is 6. The summed E-state index contributed by atoms with van der Waals surface area (Å²) in [5, 5.41) is 2.04. The number of nitrogens with zero attached hydrogens (tertiary/aromatic N) is 2. The van der Waals surface area contributed by atoms with Gasteiger partial charge in [0.25, 0.3) is 0 Å². The molecule has 0 radical (unpaired) electrons. The molecule has 0 amide bonds. The summed E-state index contributed by atoms with van der Waals surface area (Å²) in [5.74, 6) is 0.605. The Labute approximate surface area is 271 Å². The van der Waals surface area contributed by atoms with Gasteiger partial charge in [-0.1, -0.05) is 103 Å². The lowest BCUT2D eigenvalue weighted by Gasteiger charge is -2.25. The summed E-state index contributed by atoms with van der Waals surface area (Å²) in [7, 11) is 0. The van der Waals surface area contributed by atoms with Crippen molar-refractivity contribution in [2.75, 3.05) is 4.90 Å². The van der Waals surface area contributed by atoms with E-state index in [0.717, 1.165) is 55.7 Å². The quantitative estimate of drug-likeness (QED) is 0.189. The lowest BCUT2D eigenvalue weighted by Crippen LogP contribution is -2.09. The Morgan fingerprint density at radius 3 is 1.53 bits per heavy atom. The topological polar surface area (TPSA) is 42.4 Å². The van der Waals surface area contributed by atoms with Crippen LogP contribution in [-0.2, 0) is 0 Å². The van der Waals surface area contributed by atoms with Gasteiger partial charge in [-0.3, -0.25) is 0 Å². The second-order valence-electron chi connectivity index (χ2n) is 11.6. The molecule has 0 bridgehead atoms. The summed E-state index contributed by atoms with van der Waals surface area (Å²) in [6.07, 6.45) is 0. The first-order chi connectivity index (χ1) is 23.3. The average Bonchev–Trinajstić information content (AvgIpc) is 3.72. The SMILES string of the molecule is c1ccc(-c2ccc(-c3ccc(N(c4ccccc4)c4ccc5c(c4)oc4cc6nc(-c7ccccc7)oc6cc45)cc3)cc2)cc1. The fraction of sp³-hybridized carbons (Fsp3) is 0. The molecule has 0 aliphatic heterocycles. The predicted octanol–water partition coefficient (Wildman–Crippen LogP) is 12.2. The van der Waals surface area contributed by atoms with Crippen LogP contribution in [0.2, 0.25) is 0 Å². The van der Waals surface area contributed by atoms with Crippen molar-refractivity contribution in [2.24, 2.45) is 0 Å². The Morgan fingerprint density at radius 2 is 0.872 bits per heavy atom. The van der Waals surface area contributed by atoms with Gasteiger partial charge in [0.05, 0.1) is 0 Å². The normalized spacial score (nSPS) is 11.4. The molecule has 0 unspecified atom stereocenters. The maximum atomic E-state index is 6.45. The molecule has 0 N–H and O–H groups in total. The Morgan fingerprint density at radius 1 is 0.362 bits per heavy atom. The van der Waals surface area contributed by atoms with E-state index >= 15 is 0 Å². The van der Waals surface area contributed by atoms with E-state index in [9.17, 15) is 0 Å². The highest BCUT2D eigenvalue weighted by atomic mass is 16.4. The van der Waals surface area contributed by atoms with Crippen LogP contribution in [0.4, 0.5) is 17.1 Å². The molecule has 0 aliphatic carbocycles. The van der Waals surface area contributed by atoms with E-state index < -0.39 is 0 Å². The molecule has 0 aliphatic rings. The zero-order chi connectivity index (χ0) is 31.2. The van der Waals surface area contributed by atoms with Crippen LogP contribution in [0.5, 0.6) is 0 Å². The summed E-state index contributed by atoms with van der Waals surface area (Å²) in [6, 6.07) is 58.8. The van der Waals surface area contributed by atoms with Crippen LogP contribution in [0.25, 0.3) is 66.7 Å². The first-order valence-corrected chi connectivity index (χ1v) is 15.7. The Bertz CT molecular complexity index is 2480. The van der Waals surface area contributed by atoms with E-state index in [-0.39, 0.29) is 0 Å². The zero-order valence-corrected chi connectivity index (χ0v) is 25.4. The van der Waals surface area contributed by atoms with Gasteiger partial charge in [-0.15, -0.1) is 0 Å². The number of hydrogen-bond acceptors (Lipinski definition) is 4. The van der Waals surface area contributed by atoms with Crippen LogP contribution < -0.4 is 4.90 Å². The van der Waals surface area contributed by atoms with Gasteiger partial charge in [0.15, 0.2) is 5.58 Å². The lowest BCUT2D eigenvalue weighted by atomic mass is 10.00. The van der Waals surface area contributed by atoms with Crippen molar-refractivity contribution in [3.05, 3.63) is 170 Å². The van der Waals surface area contributed by atoms with E-state index in [1.165, 1.54) is 22.3 Å². The minimum absolute atomic E-state index is 0.605. The third-order valence-corrected chi connectivity index (χ3v) is 8.71. The van der Waals surface area contributed by atoms with E-state index in [1.807, 2.05) is 54.6 Å². The smallest absolute Gasteiger partial charge is 0.227 e. The number of fused-ring (bicyclic) bond motifs is 4. The molecular formula is C43H28N2O2. The first-order valence-electron chi connectivity index (χ1n) is 15.7. The Kier molecular flexibility index (Phi) is 6.43. The zero-order valence-electron chi connectivity index (χ0n) is 25.4. The molecule has 2 heterocycles. The summed E-state index contributed by atoms with van der Waals surface area (Å²) in [4.78, 5) is 7.00. The fourth-order valence-corrected chi connectivity index (χ4v) is 6.34. The molecule has 0 fully saturated rings. The van der Waals surface area contributed by atoms with Crippen LogP contribution >= 0.6 is 0 Å².